The molecule has 1 aliphatic rings. The fourth-order valence-electron chi connectivity index (χ4n) is 2.97. The van der Waals surface area contributed by atoms with Gasteiger partial charge in [0.25, 0.3) is 0 Å². The van der Waals surface area contributed by atoms with Gasteiger partial charge in [0.05, 0.1) is 6.54 Å². The highest BCUT2D eigenvalue weighted by atomic mass is 16.5. The van der Waals surface area contributed by atoms with E-state index in [1.165, 1.54) is 24.1 Å². The number of nitrogens with two attached hydrogens (primary N) is 1. The number of nitrogen functional groups attached to an aromatic ring is 1. The molecule has 3 rings (SSSR count). The number of hydrogen-bond acceptors (Lipinski definition) is 3. The molecule has 0 aromatic heterocycles. The van der Waals surface area contributed by atoms with Crippen LogP contribution in [-0.4, -0.2) is 19.2 Å². The number of ether oxygens (including phenoxy) is 1. The van der Waals surface area contributed by atoms with Gasteiger partial charge in [0.1, 0.15) is 12.4 Å². The van der Waals surface area contributed by atoms with Gasteiger partial charge in [-0.25, -0.2) is 0 Å². The highest BCUT2D eigenvalue weighted by Gasteiger charge is 2.22. The van der Waals surface area contributed by atoms with E-state index in [-0.39, 0.29) is 0 Å². The molecule has 1 unspecified atom stereocenters. The van der Waals surface area contributed by atoms with Gasteiger partial charge in [0.2, 0.25) is 0 Å². The Balaban J connectivity index is 1.65. The Morgan fingerprint density at radius 3 is 2.90 bits per heavy atom. The van der Waals surface area contributed by atoms with E-state index in [9.17, 15) is 0 Å². The summed E-state index contributed by atoms with van der Waals surface area (Å²) in [7, 11) is 0. The van der Waals surface area contributed by atoms with Crippen molar-refractivity contribution in [3.63, 3.8) is 0 Å². The van der Waals surface area contributed by atoms with E-state index in [0.29, 0.717) is 12.6 Å². The smallest absolute Gasteiger partial charge is 0.121 e. The molecule has 1 aliphatic heterocycles. The summed E-state index contributed by atoms with van der Waals surface area (Å²) in [5.41, 5.74) is 9.31. The molecule has 0 amide bonds. The summed E-state index contributed by atoms with van der Waals surface area (Å²) in [6.07, 6.45) is 2.37. The van der Waals surface area contributed by atoms with Crippen LogP contribution in [0.2, 0.25) is 0 Å². The van der Waals surface area contributed by atoms with Crippen LogP contribution in [0.15, 0.2) is 48.5 Å². The summed E-state index contributed by atoms with van der Waals surface area (Å²) < 4.78 is 5.83. The van der Waals surface area contributed by atoms with Crippen molar-refractivity contribution in [3.05, 3.63) is 54.1 Å². The van der Waals surface area contributed by atoms with E-state index in [2.05, 4.69) is 36.1 Å². The lowest BCUT2D eigenvalue weighted by molar-refractivity contribution is 0.317. The molecule has 2 N–H and O–H groups in total. The summed E-state index contributed by atoms with van der Waals surface area (Å²) in [5, 5.41) is 0. The lowest BCUT2D eigenvalue weighted by atomic mass is 9.97. The van der Waals surface area contributed by atoms with E-state index >= 15 is 0 Å². The zero-order valence-electron chi connectivity index (χ0n) is 12.5. The third-order valence-electron chi connectivity index (χ3n) is 4.12. The Morgan fingerprint density at radius 2 is 2.05 bits per heavy atom. The molecule has 2 aromatic rings. The molecule has 0 fully saturated rings. The Bertz CT molecular complexity index is 612. The van der Waals surface area contributed by atoms with Crippen LogP contribution in [0.1, 0.15) is 18.9 Å². The molecule has 0 saturated carbocycles. The molecule has 21 heavy (non-hydrogen) atoms. The normalized spacial score (nSPS) is 17.4. The molecular weight excluding hydrogens is 260 g/mol. The Morgan fingerprint density at radius 1 is 1.19 bits per heavy atom. The average Bonchev–Trinajstić information content (AvgIpc) is 2.50. The van der Waals surface area contributed by atoms with Crippen LogP contribution in [-0.2, 0) is 6.42 Å². The summed E-state index contributed by atoms with van der Waals surface area (Å²) in [4.78, 5) is 2.45. The summed E-state index contributed by atoms with van der Waals surface area (Å²) in [5.74, 6) is 0.841. The lowest BCUT2D eigenvalue weighted by Gasteiger charge is -2.37. The van der Waals surface area contributed by atoms with Crippen LogP contribution in [0.4, 0.5) is 11.4 Å². The maximum absolute atomic E-state index is 5.83. The first kappa shape index (κ1) is 13.8. The maximum Gasteiger partial charge on any atom is 0.121 e. The second-order valence-corrected chi connectivity index (χ2v) is 5.63. The molecule has 3 heteroatoms. The molecule has 1 heterocycles. The molecule has 0 bridgehead atoms. The average molecular weight is 282 g/mol. The number of aryl methyl sites for hydroxylation is 1. The minimum atomic E-state index is 0.560. The van der Waals surface area contributed by atoms with Crippen LogP contribution in [0.5, 0.6) is 5.75 Å². The second kappa shape index (κ2) is 6.08. The molecule has 3 nitrogen and oxygen atoms in total. The van der Waals surface area contributed by atoms with Gasteiger partial charge in [-0.2, -0.15) is 0 Å². The highest BCUT2D eigenvalue weighted by molar-refractivity contribution is 5.56. The van der Waals surface area contributed by atoms with Gasteiger partial charge in [0.15, 0.2) is 0 Å². The lowest BCUT2D eigenvalue weighted by Crippen LogP contribution is -2.40. The van der Waals surface area contributed by atoms with Crippen LogP contribution in [0.3, 0.4) is 0 Å². The van der Waals surface area contributed by atoms with Gasteiger partial charge in [0, 0.05) is 23.5 Å². The van der Waals surface area contributed by atoms with Crippen LogP contribution in [0, 0.1) is 0 Å². The predicted octanol–water partition coefficient (Wildman–Crippen LogP) is 3.49. The molecule has 0 radical (unpaired) electrons. The summed E-state index contributed by atoms with van der Waals surface area (Å²) in [6.45, 7) is 3.85. The van der Waals surface area contributed by atoms with Crippen LogP contribution < -0.4 is 15.4 Å². The Hall–Kier alpha value is -2.16. The van der Waals surface area contributed by atoms with Gasteiger partial charge >= 0.3 is 0 Å². The fraction of sp³-hybridized carbons (Fsp3) is 0.333. The highest BCUT2D eigenvalue weighted by Crippen LogP contribution is 2.30. The number of nitrogens with zero attached hydrogens (tertiary/aromatic N) is 1. The number of fused-ring (bicyclic) bond motifs is 1. The largest absolute Gasteiger partial charge is 0.492 e. The van der Waals surface area contributed by atoms with Crippen molar-refractivity contribution in [1.29, 1.82) is 0 Å². The third kappa shape index (κ3) is 3.13. The van der Waals surface area contributed by atoms with Crippen molar-refractivity contribution in [2.45, 2.75) is 25.8 Å². The Labute approximate surface area is 126 Å². The van der Waals surface area contributed by atoms with Crippen molar-refractivity contribution in [3.8, 4) is 5.75 Å². The first-order valence-corrected chi connectivity index (χ1v) is 7.57. The summed E-state index contributed by atoms with van der Waals surface area (Å²) >= 11 is 0. The second-order valence-electron chi connectivity index (χ2n) is 5.63. The first-order chi connectivity index (χ1) is 10.2. The van der Waals surface area contributed by atoms with Crippen LogP contribution in [0.25, 0.3) is 0 Å². The van der Waals surface area contributed by atoms with E-state index in [1.54, 1.807) is 0 Å². The van der Waals surface area contributed by atoms with Crippen molar-refractivity contribution in [2.75, 3.05) is 23.8 Å². The van der Waals surface area contributed by atoms with Crippen molar-refractivity contribution in [2.24, 2.45) is 0 Å². The van der Waals surface area contributed by atoms with Crippen molar-refractivity contribution in [1.82, 2.24) is 0 Å². The number of benzene rings is 2. The van der Waals surface area contributed by atoms with Gasteiger partial charge in [-0.1, -0.05) is 24.3 Å². The van der Waals surface area contributed by atoms with E-state index in [1.807, 2.05) is 24.3 Å². The molecule has 2 aromatic carbocycles. The number of rotatable bonds is 4. The number of para-hydroxylation sites is 1. The maximum atomic E-state index is 5.83. The molecule has 0 aliphatic carbocycles. The minimum absolute atomic E-state index is 0.560. The molecular formula is C18H22N2O. The first-order valence-electron chi connectivity index (χ1n) is 7.57. The number of hydrogen-bond donors (Lipinski definition) is 1. The van der Waals surface area contributed by atoms with Crippen molar-refractivity contribution >= 4 is 11.4 Å². The topological polar surface area (TPSA) is 38.5 Å². The monoisotopic (exact) mass is 282 g/mol. The van der Waals surface area contributed by atoms with E-state index < -0.39 is 0 Å². The summed E-state index contributed by atoms with van der Waals surface area (Å²) in [6, 6.07) is 16.8. The van der Waals surface area contributed by atoms with E-state index in [4.69, 9.17) is 10.5 Å². The molecule has 0 spiro atoms. The minimum Gasteiger partial charge on any atom is -0.492 e. The predicted molar refractivity (Wildman–Crippen MR) is 87.9 cm³/mol. The quantitative estimate of drug-likeness (QED) is 0.872. The standard InChI is InChI=1S/C18H22N2O/c1-14-9-10-15-5-2-3-8-18(15)20(14)11-12-21-17-7-4-6-16(19)13-17/h2-8,13-14H,9-12,19H2,1H3. The van der Waals surface area contributed by atoms with E-state index in [0.717, 1.165) is 18.0 Å². The molecule has 1 atom stereocenters. The van der Waals surface area contributed by atoms with Crippen molar-refractivity contribution < 1.29 is 4.74 Å². The zero-order chi connectivity index (χ0) is 14.7. The van der Waals surface area contributed by atoms with Gasteiger partial charge in [-0.05, 0) is 43.5 Å². The molecule has 0 saturated heterocycles. The van der Waals surface area contributed by atoms with Gasteiger partial charge < -0.3 is 15.4 Å². The fourth-order valence-corrected chi connectivity index (χ4v) is 2.97. The Kier molecular flexibility index (Phi) is 4.00. The van der Waals surface area contributed by atoms with Gasteiger partial charge in [-0.15, -0.1) is 0 Å². The van der Waals surface area contributed by atoms with Crippen LogP contribution >= 0.6 is 0 Å². The number of anilines is 2. The van der Waals surface area contributed by atoms with Gasteiger partial charge in [-0.3, -0.25) is 0 Å². The zero-order valence-corrected chi connectivity index (χ0v) is 12.5. The third-order valence-corrected chi connectivity index (χ3v) is 4.12. The molecule has 110 valence electrons. The SMILES string of the molecule is CC1CCc2ccccc2N1CCOc1cccc(N)c1.